The zero-order valence-electron chi connectivity index (χ0n) is 12.8. The van der Waals surface area contributed by atoms with Gasteiger partial charge in [0.2, 0.25) is 0 Å². The van der Waals surface area contributed by atoms with E-state index >= 15 is 0 Å². The smallest absolute Gasteiger partial charge is 0.253 e. The number of benzene rings is 1. The number of piperidine rings is 1. The van der Waals surface area contributed by atoms with Gasteiger partial charge >= 0.3 is 0 Å². The summed E-state index contributed by atoms with van der Waals surface area (Å²) in [5.41, 5.74) is 2.09. The predicted octanol–water partition coefficient (Wildman–Crippen LogP) is 2.90. The van der Waals surface area contributed by atoms with E-state index in [1.165, 1.54) is 18.4 Å². The first-order chi connectivity index (χ1) is 10.2. The second-order valence-electron chi connectivity index (χ2n) is 6.31. The number of nitrogens with one attached hydrogen (secondary N) is 1. The molecule has 2 atom stereocenters. The Bertz CT molecular complexity index is 490. The number of carbonyl (C=O) groups is 1. The monoisotopic (exact) mass is 304 g/mol. The van der Waals surface area contributed by atoms with Crippen molar-refractivity contribution in [1.29, 1.82) is 0 Å². The highest BCUT2D eigenvalue weighted by molar-refractivity contribution is 7.97. The van der Waals surface area contributed by atoms with Crippen LogP contribution in [0.2, 0.25) is 0 Å². The SMILES string of the molecule is CSCc1ccc(C(=O)N(C)C2CC3CCC(C2)N3)cc1. The first kappa shape index (κ1) is 14.9. The Hall–Kier alpha value is -1.00. The fourth-order valence-corrected chi connectivity index (χ4v) is 4.15. The lowest BCUT2D eigenvalue weighted by Crippen LogP contribution is -2.48. The molecule has 2 unspecified atom stereocenters. The maximum Gasteiger partial charge on any atom is 0.253 e. The molecule has 2 aliphatic heterocycles. The van der Waals surface area contributed by atoms with Gasteiger partial charge in [0.05, 0.1) is 0 Å². The molecule has 1 N–H and O–H groups in total. The minimum Gasteiger partial charge on any atom is -0.339 e. The van der Waals surface area contributed by atoms with Crippen molar-refractivity contribution in [3.63, 3.8) is 0 Å². The van der Waals surface area contributed by atoms with Crippen molar-refractivity contribution >= 4 is 17.7 Å². The molecule has 2 aliphatic rings. The molecular weight excluding hydrogens is 280 g/mol. The van der Waals surface area contributed by atoms with E-state index in [4.69, 9.17) is 0 Å². The summed E-state index contributed by atoms with van der Waals surface area (Å²) in [6.45, 7) is 0. The Kier molecular flexibility index (Phi) is 4.55. The molecule has 1 aromatic carbocycles. The second kappa shape index (κ2) is 6.41. The number of hydrogen-bond donors (Lipinski definition) is 1. The Morgan fingerprint density at radius 2 is 1.86 bits per heavy atom. The largest absolute Gasteiger partial charge is 0.339 e. The number of hydrogen-bond acceptors (Lipinski definition) is 3. The third-order valence-electron chi connectivity index (χ3n) is 4.83. The number of nitrogens with zero attached hydrogens (tertiary/aromatic N) is 1. The summed E-state index contributed by atoms with van der Waals surface area (Å²) < 4.78 is 0. The van der Waals surface area contributed by atoms with Crippen molar-refractivity contribution < 1.29 is 4.79 Å². The molecule has 2 heterocycles. The standard InChI is InChI=1S/C17H24N2OS/c1-19(16-9-14-7-8-15(10-16)18-14)17(20)13-5-3-12(4-6-13)11-21-2/h3-6,14-16,18H,7-11H2,1-2H3. The molecule has 21 heavy (non-hydrogen) atoms. The van der Waals surface area contributed by atoms with Crippen LogP contribution in [-0.2, 0) is 5.75 Å². The Balaban J connectivity index is 1.66. The third kappa shape index (κ3) is 3.27. The van der Waals surface area contributed by atoms with Gasteiger partial charge in [-0.25, -0.2) is 0 Å². The van der Waals surface area contributed by atoms with Crippen LogP contribution in [0.4, 0.5) is 0 Å². The van der Waals surface area contributed by atoms with E-state index in [0.29, 0.717) is 18.1 Å². The molecule has 3 rings (SSSR count). The van der Waals surface area contributed by atoms with Crippen LogP contribution in [0.1, 0.15) is 41.6 Å². The van der Waals surface area contributed by atoms with E-state index < -0.39 is 0 Å². The van der Waals surface area contributed by atoms with Crippen LogP contribution in [0.3, 0.4) is 0 Å². The van der Waals surface area contributed by atoms with E-state index in [2.05, 4.69) is 23.7 Å². The van der Waals surface area contributed by atoms with Crippen LogP contribution < -0.4 is 5.32 Å². The first-order valence-corrected chi connectivity index (χ1v) is 9.18. The summed E-state index contributed by atoms with van der Waals surface area (Å²) in [6, 6.07) is 9.72. The van der Waals surface area contributed by atoms with Gasteiger partial charge in [-0.2, -0.15) is 11.8 Å². The van der Waals surface area contributed by atoms with E-state index in [1.807, 2.05) is 24.1 Å². The molecule has 2 saturated heterocycles. The highest BCUT2D eigenvalue weighted by Gasteiger charge is 2.36. The maximum absolute atomic E-state index is 12.6. The summed E-state index contributed by atoms with van der Waals surface area (Å²) >= 11 is 1.80. The molecule has 1 amide bonds. The van der Waals surface area contributed by atoms with Crippen LogP contribution in [0.25, 0.3) is 0 Å². The van der Waals surface area contributed by atoms with Crippen molar-refractivity contribution in [2.75, 3.05) is 13.3 Å². The van der Waals surface area contributed by atoms with Crippen LogP contribution in [0, 0.1) is 0 Å². The van der Waals surface area contributed by atoms with Gasteiger partial charge in [-0.15, -0.1) is 0 Å². The van der Waals surface area contributed by atoms with Crippen molar-refractivity contribution in [2.24, 2.45) is 0 Å². The minimum absolute atomic E-state index is 0.164. The average Bonchev–Trinajstić information content (AvgIpc) is 2.85. The lowest BCUT2D eigenvalue weighted by molar-refractivity contribution is 0.0681. The van der Waals surface area contributed by atoms with E-state index in [1.54, 1.807) is 11.8 Å². The van der Waals surface area contributed by atoms with Gasteiger partial charge in [0.15, 0.2) is 0 Å². The summed E-state index contributed by atoms with van der Waals surface area (Å²) in [5.74, 6) is 1.17. The summed E-state index contributed by atoms with van der Waals surface area (Å²) in [5, 5.41) is 3.64. The molecule has 4 heteroatoms. The van der Waals surface area contributed by atoms with Crippen molar-refractivity contribution in [3.05, 3.63) is 35.4 Å². The number of fused-ring (bicyclic) bond motifs is 2. The molecule has 2 bridgehead atoms. The zero-order chi connectivity index (χ0) is 14.8. The maximum atomic E-state index is 12.6. The summed E-state index contributed by atoms with van der Waals surface area (Å²) in [7, 11) is 1.97. The highest BCUT2D eigenvalue weighted by Crippen LogP contribution is 2.29. The van der Waals surface area contributed by atoms with Gasteiger partial charge in [0, 0.05) is 36.5 Å². The van der Waals surface area contributed by atoms with Crippen LogP contribution >= 0.6 is 11.8 Å². The predicted molar refractivity (Wildman–Crippen MR) is 88.7 cm³/mol. The summed E-state index contributed by atoms with van der Waals surface area (Å²) in [6.07, 6.45) is 6.84. The molecule has 0 aromatic heterocycles. The average molecular weight is 304 g/mol. The Morgan fingerprint density at radius 3 is 2.43 bits per heavy atom. The van der Waals surface area contributed by atoms with Gasteiger partial charge in [0.1, 0.15) is 0 Å². The lowest BCUT2D eigenvalue weighted by atomic mass is 9.98. The van der Waals surface area contributed by atoms with Crippen molar-refractivity contribution in [2.45, 2.75) is 49.6 Å². The molecular formula is C17H24N2OS. The molecule has 3 nitrogen and oxygen atoms in total. The number of carbonyl (C=O) groups excluding carboxylic acids is 1. The zero-order valence-corrected chi connectivity index (χ0v) is 13.7. The number of thioether (sulfide) groups is 1. The topological polar surface area (TPSA) is 32.3 Å². The van der Waals surface area contributed by atoms with Gasteiger partial charge in [-0.1, -0.05) is 12.1 Å². The third-order valence-corrected chi connectivity index (χ3v) is 5.45. The van der Waals surface area contributed by atoms with Gasteiger partial charge in [-0.3, -0.25) is 4.79 Å². The van der Waals surface area contributed by atoms with Gasteiger partial charge < -0.3 is 10.2 Å². The van der Waals surface area contributed by atoms with Crippen LogP contribution in [0.5, 0.6) is 0 Å². The fraction of sp³-hybridized carbons (Fsp3) is 0.588. The Labute approximate surface area is 131 Å². The fourth-order valence-electron chi connectivity index (χ4n) is 3.62. The highest BCUT2D eigenvalue weighted by atomic mass is 32.2. The van der Waals surface area contributed by atoms with Crippen molar-refractivity contribution in [3.8, 4) is 0 Å². The van der Waals surface area contributed by atoms with Gasteiger partial charge in [-0.05, 0) is 49.6 Å². The van der Waals surface area contributed by atoms with E-state index in [9.17, 15) is 4.79 Å². The molecule has 0 aliphatic carbocycles. The lowest BCUT2D eigenvalue weighted by Gasteiger charge is -2.35. The number of amides is 1. The van der Waals surface area contributed by atoms with Crippen LogP contribution in [-0.4, -0.2) is 42.2 Å². The number of rotatable bonds is 4. The van der Waals surface area contributed by atoms with E-state index in [0.717, 1.165) is 24.2 Å². The van der Waals surface area contributed by atoms with Crippen LogP contribution in [0.15, 0.2) is 24.3 Å². The molecule has 0 spiro atoms. The molecule has 0 radical (unpaired) electrons. The quantitative estimate of drug-likeness (QED) is 0.928. The molecule has 2 fully saturated rings. The Morgan fingerprint density at radius 1 is 1.24 bits per heavy atom. The van der Waals surface area contributed by atoms with Gasteiger partial charge in [0.25, 0.3) is 5.91 Å². The van der Waals surface area contributed by atoms with E-state index in [-0.39, 0.29) is 5.91 Å². The summed E-state index contributed by atoms with van der Waals surface area (Å²) in [4.78, 5) is 14.6. The first-order valence-electron chi connectivity index (χ1n) is 7.78. The molecule has 0 saturated carbocycles. The second-order valence-corrected chi connectivity index (χ2v) is 7.18. The minimum atomic E-state index is 0.164. The normalized spacial score (nSPS) is 27.6. The molecule has 1 aromatic rings. The van der Waals surface area contributed by atoms with Crippen molar-refractivity contribution in [1.82, 2.24) is 10.2 Å². The molecule has 114 valence electrons.